The topological polar surface area (TPSA) is 9.23 Å². The van der Waals surface area contributed by atoms with Gasteiger partial charge in [0.15, 0.2) is 0 Å². The first-order valence-electron chi connectivity index (χ1n) is 8.02. The van der Waals surface area contributed by atoms with Gasteiger partial charge in [-0.15, -0.1) is 13.2 Å². The number of ether oxygens (including phenoxy) is 1. The molecule has 32 heavy (non-hydrogen) atoms. The van der Waals surface area contributed by atoms with E-state index in [1.807, 2.05) is 0 Å². The number of hydrogen-bond donors (Lipinski definition) is 0. The van der Waals surface area contributed by atoms with Crippen LogP contribution in [0.5, 0.6) is 5.75 Å². The van der Waals surface area contributed by atoms with Crippen molar-refractivity contribution in [1.29, 1.82) is 0 Å². The second-order valence-corrected chi connectivity index (χ2v) is 7.12. The number of para-hydroxylation sites is 1. The number of hydrogen-bond acceptors (Lipinski definition) is 1. The fourth-order valence-corrected chi connectivity index (χ4v) is 3.54. The van der Waals surface area contributed by atoms with E-state index >= 15 is 4.39 Å². The lowest BCUT2D eigenvalue weighted by Gasteiger charge is -2.37. The van der Waals surface area contributed by atoms with E-state index in [2.05, 4.69) is 26.7 Å². The van der Waals surface area contributed by atoms with E-state index in [4.69, 9.17) is 0 Å². The summed E-state index contributed by atoms with van der Waals surface area (Å²) in [5.41, 5.74) is -11.6. The van der Waals surface area contributed by atoms with Crippen molar-refractivity contribution in [3.63, 3.8) is 0 Å². The Labute approximate surface area is 180 Å². The van der Waals surface area contributed by atoms with Gasteiger partial charge in [0.25, 0.3) is 0 Å². The quantitative estimate of drug-likeness (QED) is 0.352. The second-order valence-electron chi connectivity index (χ2n) is 6.33. The van der Waals surface area contributed by atoms with Gasteiger partial charge in [0, 0.05) is 27.2 Å². The fourth-order valence-electron chi connectivity index (χ4n) is 2.80. The van der Waals surface area contributed by atoms with Crippen LogP contribution in [0.3, 0.4) is 0 Å². The molecule has 14 heteroatoms. The Morgan fingerprint density at radius 1 is 0.812 bits per heavy atom. The summed E-state index contributed by atoms with van der Waals surface area (Å²) in [6, 6.07) is 5.20. The van der Waals surface area contributed by atoms with Crippen LogP contribution >= 0.6 is 15.9 Å². The molecule has 0 aliphatic carbocycles. The molecule has 1 radical (unpaired) electrons. The van der Waals surface area contributed by atoms with E-state index in [0.717, 1.165) is 19.1 Å². The number of halogens is 13. The lowest BCUT2D eigenvalue weighted by molar-refractivity contribution is -0.389. The Morgan fingerprint density at radius 3 is 1.81 bits per heavy atom. The third-order valence-corrected chi connectivity index (χ3v) is 4.68. The van der Waals surface area contributed by atoms with Crippen LogP contribution in [0.2, 0.25) is 0 Å². The van der Waals surface area contributed by atoms with Gasteiger partial charge >= 0.3 is 30.3 Å². The molecule has 1 unspecified atom stereocenters. The second kappa shape index (κ2) is 8.03. The normalized spacial score (nSPS) is 15.4. The van der Waals surface area contributed by atoms with Gasteiger partial charge < -0.3 is 4.74 Å². The molecule has 177 valence electrons. The van der Waals surface area contributed by atoms with Gasteiger partial charge in [-0.25, -0.2) is 4.39 Å². The molecule has 0 aliphatic heterocycles. The van der Waals surface area contributed by atoms with Gasteiger partial charge in [0.05, 0.1) is 0 Å². The van der Waals surface area contributed by atoms with Gasteiger partial charge in [-0.2, -0.15) is 35.1 Å². The molecule has 0 saturated carbocycles. The van der Waals surface area contributed by atoms with Gasteiger partial charge in [-0.1, -0.05) is 24.3 Å². The average Bonchev–Trinajstić information content (AvgIpc) is 2.58. The third-order valence-electron chi connectivity index (χ3n) is 4.09. The van der Waals surface area contributed by atoms with Crippen LogP contribution in [0.15, 0.2) is 34.8 Å². The maximum Gasteiger partial charge on any atom is 0.573 e. The SMILES string of the molecule is Cc1[c]c(Br)c(-c2ccccc2OC(F)(F)F)c(C(F)(C(F)(F)F)C(F)(F)C(F)(F)F)c1. The van der Waals surface area contributed by atoms with Crippen molar-refractivity contribution in [3.05, 3.63) is 52.0 Å². The predicted octanol–water partition coefficient (Wildman–Crippen LogP) is 8.05. The molecular formula is C18H8BrF12O. The van der Waals surface area contributed by atoms with Crippen molar-refractivity contribution in [1.82, 2.24) is 0 Å². The van der Waals surface area contributed by atoms with Crippen molar-refractivity contribution in [3.8, 4) is 16.9 Å². The molecule has 0 N–H and O–H groups in total. The van der Waals surface area contributed by atoms with Crippen LogP contribution < -0.4 is 4.74 Å². The third kappa shape index (κ3) is 4.50. The molecule has 0 amide bonds. The lowest BCUT2D eigenvalue weighted by atomic mass is 9.81. The van der Waals surface area contributed by atoms with Gasteiger partial charge in [-0.3, -0.25) is 0 Å². The Kier molecular flexibility index (Phi) is 6.56. The summed E-state index contributed by atoms with van der Waals surface area (Å²) >= 11 is 2.57. The van der Waals surface area contributed by atoms with Crippen LogP contribution in [-0.4, -0.2) is 24.6 Å². The Hall–Kier alpha value is -2.12. The molecule has 0 spiro atoms. The molecule has 0 fully saturated rings. The van der Waals surface area contributed by atoms with Crippen molar-refractivity contribution in [2.75, 3.05) is 0 Å². The minimum absolute atomic E-state index is 0.00238. The van der Waals surface area contributed by atoms with Crippen LogP contribution in [-0.2, 0) is 5.67 Å². The summed E-state index contributed by atoms with van der Waals surface area (Å²) < 4.78 is 164. The zero-order valence-corrected chi connectivity index (χ0v) is 16.8. The van der Waals surface area contributed by atoms with Gasteiger partial charge in [0.1, 0.15) is 5.75 Å². The summed E-state index contributed by atoms with van der Waals surface area (Å²) in [5, 5.41) is 0. The van der Waals surface area contributed by atoms with E-state index in [9.17, 15) is 48.3 Å². The zero-order chi connectivity index (χ0) is 24.9. The van der Waals surface area contributed by atoms with E-state index in [1.165, 1.54) is 0 Å². The molecule has 2 rings (SSSR count). The number of aryl methyl sites for hydroxylation is 1. The first-order chi connectivity index (χ1) is 14.2. The van der Waals surface area contributed by atoms with E-state index in [-0.39, 0.29) is 6.07 Å². The lowest BCUT2D eigenvalue weighted by Crippen LogP contribution is -2.60. The van der Waals surface area contributed by atoms with Crippen LogP contribution in [0.1, 0.15) is 11.1 Å². The molecule has 0 aliphatic rings. The Morgan fingerprint density at radius 2 is 1.34 bits per heavy atom. The smallest absolute Gasteiger partial charge is 0.405 e. The van der Waals surface area contributed by atoms with Crippen LogP contribution in [0, 0.1) is 13.0 Å². The molecule has 0 saturated heterocycles. The van der Waals surface area contributed by atoms with Gasteiger partial charge in [0.2, 0.25) is 0 Å². The molecular weight excluding hydrogens is 540 g/mol. The zero-order valence-electron chi connectivity index (χ0n) is 15.2. The molecule has 2 aromatic rings. The first kappa shape index (κ1) is 26.1. The first-order valence-corrected chi connectivity index (χ1v) is 8.81. The van der Waals surface area contributed by atoms with E-state index < -0.39 is 62.8 Å². The summed E-state index contributed by atoms with van der Waals surface area (Å²) in [7, 11) is 0. The highest BCUT2D eigenvalue weighted by molar-refractivity contribution is 9.10. The average molecular weight is 548 g/mol. The predicted molar refractivity (Wildman–Crippen MR) is 89.7 cm³/mol. The number of benzene rings is 2. The van der Waals surface area contributed by atoms with E-state index in [1.54, 1.807) is 0 Å². The van der Waals surface area contributed by atoms with Crippen molar-refractivity contribution >= 4 is 15.9 Å². The number of rotatable bonds is 4. The molecule has 0 heterocycles. The Bertz CT molecular complexity index is 993. The van der Waals surface area contributed by atoms with Crippen molar-refractivity contribution < 1.29 is 57.4 Å². The minimum Gasteiger partial charge on any atom is -0.405 e. The van der Waals surface area contributed by atoms with Crippen molar-refractivity contribution in [2.45, 2.75) is 37.2 Å². The fraction of sp³-hybridized carbons (Fsp3) is 0.333. The molecule has 0 aromatic heterocycles. The summed E-state index contributed by atoms with van der Waals surface area (Å²) in [6.07, 6.45) is -19.3. The highest BCUT2D eigenvalue weighted by atomic mass is 79.9. The van der Waals surface area contributed by atoms with Crippen LogP contribution in [0.25, 0.3) is 11.1 Å². The van der Waals surface area contributed by atoms with Gasteiger partial charge in [-0.05, 0) is 34.5 Å². The molecule has 1 atom stereocenters. The minimum atomic E-state index is -7.03. The standard InChI is InChI=1S/C18H8BrF12O/c1-8-6-10(14(20,16(23,24)25)15(21,22)17(26,27)28)13(11(19)7-8)9-4-2-3-5-12(9)32-18(29,30)31/h2-6H,1H3. The van der Waals surface area contributed by atoms with Crippen molar-refractivity contribution in [2.24, 2.45) is 0 Å². The summed E-state index contributed by atoms with van der Waals surface area (Å²) in [5.74, 6) is -8.31. The molecule has 1 nitrogen and oxygen atoms in total. The molecule has 0 bridgehead atoms. The maximum atomic E-state index is 15.2. The highest BCUT2D eigenvalue weighted by Gasteiger charge is 2.82. The monoisotopic (exact) mass is 547 g/mol. The number of alkyl halides is 12. The van der Waals surface area contributed by atoms with Crippen LogP contribution in [0.4, 0.5) is 52.7 Å². The largest absolute Gasteiger partial charge is 0.573 e. The molecule has 2 aromatic carbocycles. The summed E-state index contributed by atoms with van der Waals surface area (Å²) in [4.78, 5) is 0. The van der Waals surface area contributed by atoms with E-state index in [0.29, 0.717) is 12.1 Å². The summed E-state index contributed by atoms with van der Waals surface area (Å²) in [6.45, 7) is 0.901. The maximum absolute atomic E-state index is 15.2. The highest BCUT2D eigenvalue weighted by Crippen LogP contribution is 2.60. The Balaban J connectivity index is 3.03.